The van der Waals surface area contributed by atoms with Gasteiger partial charge in [0.2, 0.25) is 0 Å². The summed E-state index contributed by atoms with van der Waals surface area (Å²) in [5, 5.41) is 21.3. The van der Waals surface area contributed by atoms with E-state index < -0.39 is 45.5 Å². The Morgan fingerprint density at radius 3 is 0.914 bits per heavy atom. The Labute approximate surface area is 204 Å². The van der Waals surface area contributed by atoms with Crippen molar-refractivity contribution in [3.8, 4) is 0 Å². The second kappa shape index (κ2) is 6.13. The fourth-order valence-electron chi connectivity index (χ4n) is 13.6. The predicted octanol–water partition coefficient (Wildman–Crippen LogP) is 3.89. The minimum absolute atomic E-state index is 0.0239. The Kier molecular flexibility index (Phi) is 3.71. The van der Waals surface area contributed by atoms with Gasteiger partial charge in [-0.15, -0.1) is 0 Å². The fourth-order valence-corrected chi connectivity index (χ4v) is 13.6. The van der Waals surface area contributed by atoms with Gasteiger partial charge in [0.1, 0.15) is 0 Å². The van der Waals surface area contributed by atoms with Crippen LogP contribution in [-0.4, -0.2) is 34.1 Å². The highest BCUT2D eigenvalue weighted by Crippen LogP contribution is 2.83. The van der Waals surface area contributed by atoms with Crippen LogP contribution >= 0.6 is 0 Å². The van der Waals surface area contributed by atoms with E-state index in [0.717, 1.165) is 77.0 Å². The maximum atomic E-state index is 14.3. The van der Waals surface area contributed by atoms with Crippen LogP contribution in [0.1, 0.15) is 77.0 Å². The molecule has 8 aliphatic rings. The lowest BCUT2D eigenvalue weighted by atomic mass is 9.49. The lowest BCUT2D eigenvalue weighted by Crippen LogP contribution is -2.63. The van der Waals surface area contributed by atoms with Crippen LogP contribution in [-0.2, 0) is 23.9 Å². The van der Waals surface area contributed by atoms with E-state index in [-0.39, 0.29) is 47.3 Å². The van der Waals surface area contributed by atoms with Crippen molar-refractivity contribution >= 4 is 23.9 Å². The molecule has 8 rings (SSSR count). The molecule has 188 valence electrons. The van der Waals surface area contributed by atoms with Gasteiger partial charge in [-0.1, -0.05) is 0 Å². The third-order valence-corrected chi connectivity index (χ3v) is 13.8. The molecule has 0 amide bonds. The normalized spacial score (nSPS) is 57.5. The van der Waals surface area contributed by atoms with E-state index in [1.807, 2.05) is 0 Å². The van der Waals surface area contributed by atoms with Gasteiger partial charge in [-0.05, 0) is 124 Å². The molecule has 0 radical (unpaired) electrons. The SMILES string of the molecule is O=C(O)C12C3CCC(C3)C1(C(=O)OC(=O)C13C4CCC(C4)C1(C(=O)O)C1CCC3C1)C1CCC2C1. The molecule has 0 aromatic rings. The molecule has 8 atom stereocenters. The van der Waals surface area contributed by atoms with Crippen LogP contribution in [0.25, 0.3) is 0 Å². The van der Waals surface area contributed by atoms with Crippen molar-refractivity contribution in [2.45, 2.75) is 77.0 Å². The quantitative estimate of drug-likeness (QED) is 0.355. The summed E-state index contributed by atoms with van der Waals surface area (Å²) >= 11 is 0. The number of esters is 2. The molecule has 8 fully saturated rings. The number of carboxylic acid groups (broad SMARTS) is 2. The first kappa shape index (κ1) is 21.2. The zero-order valence-corrected chi connectivity index (χ0v) is 20.0. The monoisotopic (exact) mass is 482 g/mol. The standard InChI is InChI=1S/C28H34O7/c29-21(30)25-13-1-5-17(9-13)27(25,18-6-2-14(25)10-18)23(33)35-24(34)28-19-7-3-15(11-19)26(28,22(31)32)16-4-8-20(28)12-16/h13-20H,1-12H2,(H,29,30)(H,31,32). The van der Waals surface area contributed by atoms with Gasteiger partial charge >= 0.3 is 23.9 Å². The van der Waals surface area contributed by atoms with E-state index in [2.05, 4.69) is 0 Å². The minimum atomic E-state index is -1.11. The number of hydrogen-bond donors (Lipinski definition) is 2. The van der Waals surface area contributed by atoms with Gasteiger partial charge in [0.25, 0.3) is 0 Å². The highest BCUT2D eigenvalue weighted by molar-refractivity contribution is 6.00. The molecule has 7 nitrogen and oxygen atoms in total. The average Bonchev–Trinajstić information content (AvgIpc) is 3.68. The first-order valence-corrected chi connectivity index (χ1v) is 14.0. The first-order valence-electron chi connectivity index (χ1n) is 14.0. The number of carbonyl (C=O) groups is 4. The van der Waals surface area contributed by atoms with Gasteiger partial charge in [-0.25, -0.2) is 0 Å². The summed E-state index contributed by atoms with van der Waals surface area (Å²) in [6, 6.07) is 0. The summed E-state index contributed by atoms with van der Waals surface area (Å²) < 4.78 is 5.98. The van der Waals surface area contributed by atoms with Crippen LogP contribution in [0.3, 0.4) is 0 Å². The van der Waals surface area contributed by atoms with Crippen molar-refractivity contribution in [1.29, 1.82) is 0 Å². The molecule has 0 aromatic heterocycles. The number of carboxylic acids is 2. The van der Waals surface area contributed by atoms with Crippen molar-refractivity contribution in [2.75, 3.05) is 0 Å². The lowest BCUT2D eigenvalue weighted by molar-refractivity contribution is -0.209. The van der Waals surface area contributed by atoms with Crippen molar-refractivity contribution in [3.05, 3.63) is 0 Å². The Morgan fingerprint density at radius 1 is 0.457 bits per heavy atom. The van der Waals surface area contributed by atoms with E-state index in [1.165, 1.54) is 0 Å². The molecule has 8 bridgehead atoms. The van der Waals surface area contributed by atoms with E-state index in [1.54, 1.807) is 0 Å². The molecule has 2 N–H and O–H groups in total. The molecular weight excluding hydrogens is 448 g/mol. The molecule has 35 heavy (non-hydrogen) atoms. The minimum Gasteiger partial charge on any atom is -0.481 e. The van der Waals surface area contributed by atoms with E-state index in [4.69, 9.17) is 4.74 Å². The number of fused-ring (bicyclic) bond motifs is 18. The summed E-state index contributed by atoms with van der Waals surface area (Å²) in [5.74, 6) is -3.23. The number of rotatable bonds is 4. The maximum absolute atomic E-state index is 14.3. The molecule has 0 saturated heterocycles. The summed E-state index contributed by atoms with van der Waals surface area (Å²) in [6.45, 7) is 0. The van der Waals surface area contributed by atoms with Gasteiger partial charge in [0.15, 0.2) is 0 Å². The molecular formula is C28H34O7. The second-order valence-electron chi connectivity index (χ2n) is 13.6. The summed E-state index contributed by atoms with van der Waals surface area (Å²) in [6.07, 6.45) is 9.60. The van der Waals surface area contributed by atoms with Gasteiger partial charge in [0, 0.05) is 0 Å². The Balaban J connectivity index is 1.23. The summed E-state index contributed by atoms with van der Waals surface area (Å²) in [4.78, 5) is 54.6. The Morgan fingerprint density at radius 2 is 0.686 bits per heavy atom. The summed E-state index contributed by atoms with van der Waals surface area (Å²) in [5.41, 5.74) is -4.45. The molecule has 0 spiro atoms. The second-order valence-corrected chi connectivity index (χ2v) is 13.6. The zero-order chi connectivity index (χ0) is 24.1. The van der Waals surface area contributed by atoms with Crippen LogP contribution in [0, 0.1) is 69.0 Å². The van der Waals surface area contributed by atoms with E-state index in [0.29, 0.717) is 0 Å². The van der Waals surface area contributed by atoms with Crippen molar-refractivity contribution in [1.82, 2.24) is 0 Å². The van der Waals surface area contributed by atoms with Crippen molar-refractivity contribution < 1.29 is 34.1 Å². The van der Waals surface area contributed by atoms with Gasteiger partial charge in [0.05, 0.1) is 21.7 Å². The molecule has 8 aliphatic carbocycles. The van der Waals surface area contributed by atoms with Gasteiger partial charge < -0.3 is 14.9 Å². The van der Waals surface area contributed by atoms with Crippen LogP contribution < -0.4 is 0 Å². The first-order chi connectivity index (χ1) is 16.8. The maximum Gasteiger partial charge on any atom is 0.321 e. The van der Waals surface area contributed by atoms with Crippen LogP contribution in [0.5, 0.6) is 0 Å². The average molecular weight is 483 g/mol. The van der Waals surface area contributed by atoms with Crippen molar-refractivity contribution in [3.63, 3.8) is 0 Å². The molecule has 8 saturated carbocycles. The number of ether oxygens (including phenoxy) is 1. The van der Waals surface area contributed by atoms with Crippen LogP contribution in [0.15, 0.2) is 0 Å². The lowest BCUT2D eigenvalue weighted by Gasteiger charge is -2.53. The highest BCUT2D eigenvalue weighted by Gasteiger charge is 2.86. The molecule has 8 unspecified atom stereocenters. The summed E-state index contributed by atoms with van der Waals surface area (Å²) in [7, 11) is 0. The molecule has 0 heterocycles. The smallest absolute Gasteiger partial charge is 0.321 e. The fraction of sp³-hybridized carbons (Fsp3) is 0.857. The number of carbonyl (C=O) groups excluding carboxylic acids is 2. The topological polar surface area (TPSA) is 118 Å². The van der Waals surface area contributed by atoms with E-state index in [9.17, 15) is 29.4 Å². The highest BCUT2D eigenvalue weighted by atomic mass is 16.6. The number of aliphatic carboxylic acids is 2. The third-order valence-electron chi connectivity index (χ3n) is 13.8. The predicted molar refractivity (Wildman–Crippen MR) is 119 cm³/mol. The van der Waals surface area contributed by atoms with E-state index >= 15 is 0 Å². The van der Waals surface area contributed by atoms with Gasteiger partial charge in [-0.2, -0.15) is 0 Å². The molecule has 0 aliphatic heterocycles. The van der Waals surface area contributed by atoms with Crippen LogP contribution in [0.4, 0.5) is 0 Å². The molecule has 0 aromatic carbocycles. The number of hydrogen-bond acceptors (Lipinski definition) is 5. The largest absolute Gasteiger partial charge is 0.481 e. The molecule has 7 heteroatoms. The zero-order valence-electron chi connectivity index (χ0n) is 20.0. The van der Waals surface area contributed by atoms with Crippen molar-refractivity contribution in [2.24, 2.45) is 69.0 Å². The van der Waals surface area contributed by atoms with Gasteiger partial charge in [-0.3, -0.25) is 19.2 Å². The Hall–Kier alpha value is -1.92. The third kappa shape index (κ3) is 1.77. The Bertz CT molecular complexity index is 963. The van der Waals surface area contributed by atoms with Crippen LogP contribution in [0.2, 0.25) is 0 Å².